The summed E-state index contributed by atoms with van der Waals surface area (Å²) >= 11 is 0. The summed E-state index contributed by atoms with van der Waals surface area (Å²) < 4.78 is 5.05. The van der Waals surface area contributed by atoms with Gasteiger partial charge >= 0.3 is 5.97 Å². The molecule has 1 aliphatic rings. The molecule has 1 fully saturated rings. The number of carbonyl (C=O) groups excluding carboxylic acids is 3. The van der Waals surface area contributed by atoms with E-state index in [1.807, 2.05) is 18.7 Å². The van der Waals surface area contributed by atoms with E-state index in [1.54, 1.807) is 20.8 Å². The largest absolute Gasteiger partial charge is 0.461 e. The number of amides is 2. The van der Waals surface area contributed by atoms with E-state index in [0.717, 1.165) is 12.8 Å². The van der Waals surface area contributed by atoms with Crippen LogP contribution in [0.25, 0.3) is 0 Å². The van der Waals surface area contributed by atoms with Crippen molar-refractivity contribution >= 4 is 17.8 Å². The molecule has 7 heteroatoms. The highest BCUT2D eigenvalue weighted by Gasteiger charge is 2.29. The lowest BCUT2D eigenvalue weighted by Crippen LogP contribution is -2.40. The van der Waals surface area contributed by atoms with Crippen LogP contribution in [-0.2, 0) is 9.53 Å². The summed E-state index contributed by atoms with van der Waals surface area (Å²) in [7, 11) is 0. The maximum Gasteiger partial charge on any atom is 0.355 e. The van der Waals surface area contributed by atoms with E-state index in [4.69, 9.17) is 4.74 Å². The highest BCUT2D eigenvalue weighted by atomic mass is 16.5. The van der Waals surface area contributed by atoms with E-state index in [9.17, 15) is 14.4 Å². The lowest BCUT2D eigenvalue weighted by molar-refractivity contribution is -0.122. The van der Waals surface area contributed by atoms with Crippen molar-refractivity contribution in [3.8, 4) is 0 Å². The molecule has 0 atom stereocenters. The number of likely N-dealkylation sites (tertiary alicyclic amines) is 1. The minimum atomic E-state index is -0.438. The Morgan fingerprint density at radius 1 is 1.22 bits per heavy atom. The van der Waals surface area contributed by atoms with Gasteiger partial charge in [0.05, 0.1) is 12.2 Å². The van der Waals surface area contributed by atoms with Gasteiger partial charge < -0.3 is 19.9 Å². The second-order valence-electron chi connectivity index (χ2n) is 7.51. The van der Waals surface area contributed by atoms with Crippen LogP contribution in [0, 0.1) is 19.8 Å². The van der Waals surface area contributed by atoms with Crippen LogP contribution < -0.4 is 5.32 Å². The number of aromatic amines is 1. The van der Waals surface area contributed by atoms with Gasteiger partial charge in [-0.05, 0) is 58.9 Å². The van der Waals surface area contributed by atoms with Crippen molar-refractivity contribution in [3.05, 3.63) is 22.5 Å². The van der Waals surface area contributed by atoms with Crippen molar-refractivity contribution in [2.45, 2.75) is 59.9 Å². The van der Waals surface area contributed by atoms with Gasteiger partial charge in [0.15, 0.2) is 0 Å². The highest BCUT2D eigenvalue weighted by molar-refractivity contribution is 6.01. The number of hydrogen-bond acceptors (Lipinski definition) is 4. The summed E-state index contributed by atoms with van der Waals surface area (Å²) in [5, 5.41) is 2.92. The van der Waals surface area contributed by atoms with Gasteiger partial charge in [-0.3, -0.25) is 9.59 Å². The third kappa shape index (κ3) is 5.11. The van der Waals surface area contributed by atoms with Crippen LogP contribution in [-0.4, -0.2) is 53.4 Å². The zero-order chi connectivity index (χ0) is 20.1. The van der Waals surface area contributed by atoms with E-state index in [1.165, 1.54) is 0 Å². The van der Waals surface area contributed by atoms with Gasteiger partial charge in [0.25, 0.3) is 5.91 Å². The second-order valence-corrected chi connectivity index (χ2v) is 7.51. The number of rotatable bonds is 6. The summed E-state index contributed by atoms with van der Waals surface area (Å²) in [5.74, 6) is -0.128. The number of ether oxygens (including phenoxy) is 1. The minimum Gasteiger partial charge on any atom is -0.461 e. The molecule has 2 N–H and O–H groups in total. The molecule has 0 saturated carbocycles. The van der Waals surface area contributed by atoms with E-state index in [-0.39, 0.29) is 24.5 Å². The molecule has 2 rings (SSSR count). The molecule has 27 heavy (non-hydrogen) atoms. The fourth-order valence-electron chi connectivity index (χ4n) is 3.62. The molecule has 1 aliphatic heterocycles. The molecule has 1 aromatic rings. The maximum absolute atomic E-state index is 13.0. The number of hydrogen-bond donors (Lipinski definition) is 2. The molecule has 2 amide bonds. The van der Waals surface area contributed by atoms with E-state index in [0.29, 0.717) is 47.9 Å². The lowest BCUT2D eigenvalue weighted by Gasteiger charge is -2.32. The Morgan fingerprint density at radius 3 is 2.41 bits per heavy atom. The summed E-state index contributed by atoms with van der Waals surface area (Å²) in [4.78, 5) is 41.8. The third-order valence-electron chi connectivity index (χ3n) is 4.96. The quantitative estimate of drug-likeness (QED) is 0.746. The zero-order valence-corrected chi connectivity index (χ0v) is 17.0. The van der Waals surface area contributed by atoms with E-state index < -0.39 is 5.97 Å². The van der Waals surface area contributed by atoms with Crippen LogP contribution in [0.4, 0.5) is 0 Å². The topological polar surface area (TPSA) is 91.5 Å². The van der Waals surface area contributed by atoms with Crippen LogP contribution in [0.5, 0.6) is 0 Å². The number of aromatic nitrogens is 1. The predicted molar refractivity (Wildman–Crippen MR) is 103 cm³/mol. The van der Waals surface area contributed by atoms with Crippen LogP contribution in [0.3, 0.4) is 0 Å². The van der Waals surface area contributed by atoms with Crippen LogP contribution in [0.15, 0.2) is 0 Å². The molecule has 0 aromatic carbocycles. The Kier molecular flexibility index (Phi) is 7.05. The number of nitrogens with zero attached hydrogens (tertiary/aromatic N) is 1. The first-order valence-corrected chi connectivity index (χ1v) is 9.69. The Hall–Kier alpha value is -2.31. The van der Waals surface area contributed by atoms with Crippen molar-refractivity contribution in [1.29, 1.82) is 0 Å². The number of piperidine rings is 1. The molecular weight excluding hydrogens is 346 g/mol. The van der Waals surface area contributed by atoms with Gasteiger partial charge in [-0.2, -0.15) is 0 Å². The SMILES string of the molecule is CCOC(=O)c1[nH]c(C)c(C(=O)N2CCC(CC(=O)NC(C)C)CC2)c1C. The summed E-state index contributed by atoms with van der Waals surface area (Å²) in [6.07, 6.45) is 2.13. The zero-order valence-electron chi connectivity index (χ0n) is 17.0. The molecule has 0 bridgehead atoms. The molecule has 0 radical (unpaired) electrons. The Balaban J connectivity index is 2.00. The van der Waals surface area contributed by atoms with Crippen LogP contribution in [0.1, 0.15) is 72.1 Å². The first kappa shape index (κ1) is 21.0. The number of H-pyrrole nitrogens is 1. The fourth-order valence-corrected chi connectivity index (χ4v) is 3.62. The third-order valence-corrected chi connectivity index (χ3v) is 4.96. The molecule has 7 nitrogen and oxygen atoms in total. The van der Waals surface area contributed by atoms with Crippen molar-refractivity contribution in [1.82, 2.24) is 15.2 Å². The van der Waals surface area contributed by atoms with Crippen LogP contribution in [0.2, 0.25) is 0 Å². The fraction of sp³-hybridized carbons (Fsp3) is 0.650. The van der Waals surface area contributed by atoms with Gasteiger partial charge in [0.2, 0.25) is 5.91 Å². The van der Waals surface area contributed by atoms with Crippen molar-refractivity contribution in [2.24, 2.45) is 5.92 Å². The molecule has 2 heterocycles. The lowest BCUT2D eigenvalue weighted by atomic mass is 9.92. The smallest absolute Gasteiger partial charge is 0.355 e. The van der Waals surface area contributed by atoms with Gasteiger partial charge in [-0.1, -0.05) is 0 Å². The number of esters is 1. The average Bonchev–Trinajstić information content (AvgIpc) is 2.89. The molecule has 0 aliphatic carbocycles. The number of carbonyl (C=O) groups is 3. The molecule has 150 valence electrons. The molecule has 1 saturated heterocycles. The van der Waals surface area contributed by atoms with Crippen molar-refractivity contribution < 1.29 is 19.1 Å². The van der Waals surface area contributed by atoms with Gasteiger partial charge in [-0.15, -0.1) is 0 Å². The molecule has 0 unspecified atom stereocenters. The molecule has 1 aromatic heterocycles. The predicted octanol–water partition coefficient (Wildman–Crippen LogP) is 2.58. The summed E-state index contributed by atoms with van der Waals surface area (Å²) in [6.45, 7) is 10.8. The minimum absolute atomic E-state index is 0.0677. The van der Waals surface area contributed by atoms with Gasteiger partial charge in [0, 0.05) is 31.2 Å². The molecule has 0 spiro atoms. The van der Waals surface area contributed by atoms with E-state index in [2.05, 4.69) is 10.3 Å². The highest BCUT2D eigenvalue weighted by Crippen LogP contribution is 2.25. The summed E-state index contributed by atoms with van der Waals surface area (Å²) in [6, 6.07) is 0.146. The number of aryl methyl sites for hydroxylation is 1. The monoisotopic (exact) mass is 377 g/mol. The normalized spacial score (nSPS) is 15.1. The first-order chi connectivity index (χ1) is 12.7. The molecular formula is C20H31N3O4. The average molecular weight is 377 g/mol. The maximum atomic E-state index is 13.0. The second kappa shape index (κ2) is 9.06. The van der Waals surface area contributed by atoms with Crippen molar-refractivity contribution in [3.63, 3.8) is 0 Å². The van der Waals surface area contributed by atoms with Crippen LogP contribution >= 0.6 is 0 Å². The van der Waals surface area contributed by atoms with E-state index >= 15 is 0 Å². The first-order valence-electron chi connectivity index (χ1n) is 9.69. The Labute approximate surface area is 160 Å². The Bertz CT molecular complexity index is 700. The standard InChI is InChI=1S/C20H31N3O4/c1-6-27-20(26)18-13(4)17(14(5)22-18)19(25)23-9-7-15(8-10-23)11-16(24)21-12(2)3/h12,15,22H,6-11H2,1-5H3,(H,21,24). The Morgan fingerprint density at radius 2 is 1.85 bits per heavy atom. The number of nitrogens with one attached hydrogen (secondary N) is 2. The van der Waals surface area contributed by atoms with Gasteiger partial charge in [0.1, 0.15) is 5.69 Å². The van der Waals surface area contributed by atoms with Gasteiger partial charge in [-0.25, -0.2) is 4.79 Å². The summed E-state index contributed by atoms with van der Waals surface area (Å²) in [5.41, 5.74) is 2.21. The van der Waals surface area contributed by atoms with Crippen molar-refractivity contribution in [2.75, 3.05) is 19.7 Å².